The second kappa shape index (κ2) is 7.02. The largest absolute Gasteiger partial charge is 0.358 e. The molecule has 0 spiro atoms. The highest BCUT2D eigenvalue weighted by Gasteiger charge is 2.32. The van der Waals surface area contributed by atoms with Crippen molar-refractivity contribution in [2.24, 2.45) is 13.0 Å². The van der Waals surface area contributed by atoms with Crippen LogP contribution >= 0.6 is 0 Å². The monoisotopic (exact) mass is 324 g/mol. The van der Waals surface area contributed by atoms with Crippen molar-refractivity contribution >= 4 is 5.82 Å². The van der Waals surface area contributed by atoms with Gasteiger partial charge in [0.25, 0.3) is 0 Å². The second-order valence-corrected chi connectivity index (χ2v) is 6.64. The predicted octanol–water partition coefficient (Wildman–Crippen LogP) is 2.21. The van der Waals surface area contributed by atoms with Crippen LogP contribution in [0, 0.1) is 17.2 Å². The van der Waals surface area contributed by atoms with Gasteiger partial charge in [-0.2, -0.15) is 10.4 Å². The van der Waals surface area contributed by atoms with Crippen molar-refractivity contribution in [3.8, 4) is 6.07 Å². The Hall–Kier alpha value is -2.39. The molecule has 6 nitrogen and oxygen atoms in total. The molecule has 2 atom stereocenters. The van der Waals surface area contributed by atoms with Crippen LogP contribution in [0.4, 0.5) is 5.82 Å². The molecular weight excluding hydrogens is 300 g/mol. The van der Waals surface area contributed by atoms with E-state index >= 15 is 0 Å². The molecule has 1 aliphatic rings. The summed E-state index contributed by atoms with van der Waals surface area (Å²) in [6.45, 7) is 1.97. The third-order valence-electron chi connectivity index (χ3n) is 4.85. The Morgan fingerprint density at radius 3 is 2.96 bits per heavy atom. The second-order valence-electron chi connectivity index (χ2n) is 6.64. The van der Waals surface area contributed by atoms with Gasteiger partial charge in [0, 0.05) is 44.6 Å². The fourth-order valence-electron chi connectivity index (χ4n) is 3.80. The summed E-state index contributed by atoms with van der Waals surface area (Å²) in [5.41, 5.74) is 1.89. The lowest BCUT2D eigenvalue weighted by Gasteiger charge is -2.40. The first kappa shape index (κ1) is 16.5. The molecule has 3 heterocycles. The van der Waals surface area contributed by atoms with Crippen LogP contribution in [0.2, 0.25) is 0 Å². The summed E-state index contributed by atoms with van der Waals surface area (Å²) < 4.78 is 1.87. The van der Waals surface area contributed by atoms with E-state index in [-0.39, 0.29) is 0 Å². The van der Waals surface area contributed by atoms with Gasteiger partial charge < -0.3 is 4.90 Å². The minimum atomic E-state index is 0.351. The summed E-state index contributed by atoms with van der Waals surface area (Å²) in [6, 6.07) is 6.22. The number of piperidine rings is 1. The quantitative estimate of drug-likeness (QED) is 0.863. The molecule has 1 saturated heterocycles. The predicted molar refractivity (Wildman–Crippen MR) is 93.5 cm³/mol. The summed E-state index contributed by atoms with van der Waals surface area (Å²) in [4.78, 5) is 8.95. The molecule has 0 saturated carbocycles. The van der Waals surface area contributed by atoms with E-state index in [1.807, 2.05) is 37.1 Å². The Morgan fingerprint density at radius 2 is 2.25 bits per heavy atom. The molecule has 0 aliphatic carbocycles. The molecule has 1 fully saturated rings. The number of hydrogen-bond donors (Lipinski definition) is 0. The van der Waals surface area contributed by atoms with Crippen LogP contribution in [0.5, 0.6) is 0 Å². The molecule has 6 heteroatoms. The lowest BCUT2D eigenvalue weighted by molar-refractivity contribution is 0.124. The third-order valence-corrected chi connectivity index (χ3v) is 4.85. The van der Waals surface area contributed by atoms with Gasteiger partial charge in [-0.05, 0) is 44.5 Å². The van der Waals surface area contributed by atoms with Crippen molar-refractivity contribution in [3.05, 3.63) is 41.9 Å². The van der Waals surface area contributed by atoms with Gasteiger partial charge in [0.05, 0.1) is 11.8 Å². The maximum atomic E-state index is 9.31. The molecule has 0 aromatic carbocycles. The number of nitriles is 1. The van der Waals surface area contributed by atoms with Crippen LogP contribution < -0.4 is 4.90 Å². The fraction of sp³-hybridized carbons (Fsp3) is 0.500. The number of anilines is 1. The molecule has 3 rings (SSSR count). The number of pyridine rings is 1. The Balaban J connectivity index is 1.82. The Morgan fingerprint density at radius 1 is 1.42 bits per heavy atom. The van der Waals surface area contributed by atoms with E-state index in [1.165, 1.54) is 18.4 Å². The smallest absolute Gasteiger partial charge is 0.146 e. The van der Waals surface area contributed by atoms with Crippen molar-refractivity contribution < 1.29 is 0 Å². The number of aromatic nitrogens is 3. The molecule has 126 valence electrons. The molecule has 0 unspecified atom stereocenters. The van der Waals surface area contributed by atoms with E-state index < -0.39 is 0 Å². The van der Waals surface area contributed by atoms with Crippen molar-refractivity contribution in [1.29, 1.82) is 5.26 Å². The number of nitrogens with zero attached hydrogens (tertiary/aromatic N) is 6. The first-order chi connectivity index (χ1) is 11.6. The molecule has 24 heavy (non-hydrogen) atoms. The van der Waals surface area contributed by atoms with Gasteiger partial charge in [0.1, 0.15) is 11.9 Å². The zero-order valence-electron chi connectivity index (χ0n) is 14.6. The van der Waals surface area contributed by atoms with Crippen LogP contribution in [-0.2, 0) is 7.05 Å². The number of rotatable bonds is 4. The molecule has 0 radical (unpaired) electrons. The van der Waals surface area contributed by atoms with E-state index in [1.54, 1.807) is 6.20 Å². The summed E-state index contributed by atoms with van der Waals surface area (Å²) in [5.74, 6) is 1.24. The number of hydrogen-bond acceptors (Lipinski definition) is 5. The Bertz CT molecular complexity index is 731. The molecule has 0 amide bonds. The van der Waals surface area contributed by atoms with Gasteiger partial charge in [0.2, 0.25) is 0 Å². The summed E-state index contributed by atoms with van der Waals surface area (Å²) >= 11 is 0. The van der Waals surface area contributed by atoms with E-state index in [2.05, 4.69) is 39.2 Å². The maximum Gasteiger partial charge on any atom is 0.146 e. The van der Waals surface area contributed by atoms with Gasteiger partial charge >= 0.3 is 0 Å². The van der Waals surface area contributed by atoms with Gasteiger partial charge in [0.15, 0.2) is 0 Å². The van der Waals surface area contributed by atoms with Crippen LogP contribution in [0.25, 0.3) is 0 Å². The third kappa shape index (κ3) is 3.26. The summed E-state index contributed by atoms with van der Waals surface area (Å²) in [6.07, 6.45) is 8.20. The summed E-state index contributed by atoms with van der Waals surface area (Å²) in [5, 5.41) is 13.7. The minimum absolute atomic E-state index is 0.351. The standard InChI is InChI=1S/C18H24N6/c1-22-9-5-7-15(17(22)16-11-21-24(3)13-16)12-23(2)18-14(10-19)6-4-8-20-18/h4,6,8,11,13,15,17H,5,7,9,12H2,1-3H3/t15-,17+/m0/s1. The Labute approximate surface area is 143 Å². The first-order valence-electron chi connectivity index (χ1n) is 8.35. The normalized spacial score (nSPS) is 21.4. The zero-order valence-corrected chi connectivity index (χ0v) is 14.6. The lowest BCUT2D eigenvalue weighted by Crippen LogP contribution is -2.41. The highest BCUT2D eigenvalue weighted by molar-refractivity contribution is 5.52. The van der Waals surface area contributed by atoms with E-state index in [4.69, 9.17) is 0 Å². The van der Waals surface area contributed by atoms with E-state index in [0.717, 1.165) is 18.9 Å². The minimum Gasteiger partial charge on any atom is -0.358 e. The highest BCUT2D eigenvalue weighted by Crippen LogP contribution is 2.35. The van der Waals surface area contributed by atoms with Crippen LogP contribution in [0.1, 0.15) is 30.0 Å². The van der Waals surface area contributed by atoms with Crippen LogP contribution in [0.15, 0.2) is 30.7 Å². The van der Waals surface area contributed by atoms with Crippen molar-refractivity contribution in [1.82, 2.24) is 19.7 Å². The van der Waals surface area contributed by atoms with Crippen LogP contribution in [-0.4, -0.2) is 46.8 Å². The first-order valence-corrected chi connectivity index (χ1v) is 8.35. The van der Waals surface area contributed by atoms with E-state index in [0.29, 0.717) is 17.5 Å². The molecule has 0 N–H and O–H groups in total. The zero-order chi connectivity index (χ0) is 17.1. The number of aryl methyl sites for hydroxylation is 1. The average Bonchev–Trinajstić information content (AvgIpc) is 3.00. The van der Waals surface area contributed by atoms with Crippen molar-refractivity contribution in [2.45, 2.75) is 18.9 Å². The molecule has 1 aliphatic heterocycles. The number of likely N-dealkylation sites (tertiary alicyclic amines) is 1. The molecule has 2 aromatic heterocycles. The van der Waals surface area contributed by atoms with Crippen molar-refractivity contribution in [3.63, 3.8) is 0 Å². The average molecular weight is 324 g/mol. The van der Waals surface area contributed by atoms with Crippen molar-refractivity contribution in [2.75, 3.05) is 32.1 Å². The van der Waals surface area contributed by atoms with E-state index in [9.17, 15) is 5.26 Å². The Kier molecular flexibility index (Phi) is 4.81. The molecular formula is C18H24N6. The topological polar surface area (TPSA) is 61.0 Å². The van der Waals surface area contributed by atoms with Gasteiger partial charge in [-0.1, -0.05) is 0 Å². The maximum absolute atomic E-state index is 9.31. The fourth-order valence-corrected chi connectivity index (χ4v) is 3.80. The lowest BCUT2D eigenvalue weighted by atomic mass is 9.85. The molecule has 2 aromatic rings. The van der Waals surface area contributed by atoms with Gasteiger partial charge in [-0.15, -0.1) is 0 Å². The molecule has 0 bridgehead atoms. The highest BCUT2D eigenvalue weighted by atomic mass is 15.3. The SMILES string of the molecule is CN(C[C@@H]1CCCN(C)[C@H]1c1cnn(C)c1)c1ncccc1C#N. The van der Waals surface area contributed by atoms with Gasteiger partial charge in [-0.3, -0.25) is 9.58 Å². The van der Waals surface area contributed by atoms with Crippen LogP contribution in [0.3, 0.4) is 0 Å². The van der Waals surface area contributed by atoms with Gasteiger partial charge in [-0.25, -0.2) is 4.98 Å². The summed E-state index contributed by atoms with van der Waals surface area (Å²) in [7, 11) is 6.17.